The monoisotopic (exact) mass is 211 g/mol. The van der Waals surface area contributed by atoms with Crippen LogP contribution in [0.4, 0.5) is 0 Å². The molecule has 2 heterocycles. The summed E-state index contributed by atoms with van der Waals surface area (Å²) in [7, 11) is 0. The minimum absolute atomic E-state index is 0.261. The Morgan fingerprint density at radius 3 is 2.73 bits per heavy atom. The van der Waals surface area contributed by atoms with Crippen molar-refractivity contribution in [3.63, 3.8) is 0 Å². The molecule has 2 aliphatic heterocycles. The number of fused-ring (bicyclic) bond motifs is 2. The van der Waals surface area contributed by atoms with E-state index in [0.29, 0.717) is 12.0 Å². The number of rotatable bonds is 3. The van der Waals surface area contributed by atoms with Crippen molar-refractivity contribution < 1.29 is 4.79 Å². The van der Waals surface area contributed by atoms with Crippen LogP contribution in [0.5, 0.6) is 0 Å². The number of primary amides is 1. The molecule has 0 aliphatic carbocycles. The van der Waals surface area contributed by atoms with Gasteiger partial charge < -0.3 is 16.0 Å². The largest absolute Gasteiger partial charge is 0.368 e. The molecule has 0 aromatic heterocycles. The molecule has 2 rings (SSSR count). The van der Waals surface area contributed by atoms with E-state index >= 15 is 0 Å². The van der Waals surface area contributed by atoms with Crippen LogP contribution in [0.3, 0.4) is 0 Å². The molecule has 0 aromatic carbocycles. The summed E-state index contributed by atoms with van der Waals surface area (Å²) in [5, 5.41) is 3.42. The Kier molecular flexibility index (Phi) is 2.73. The van der Waals surface area contributed by atoms with Gasteiger partial charge in [-0.15, -0.1) is 0 Å². The van der Waals surface area contributed by atoms with Crippen LogP contribution in [0.15, 0.2) is 0 Å². The van der Waals surface area contributed by atoms with E-state index in [1.165, 1.54) is 19.5 Å². The molecular formula is C11H21N3O. The molecule has 3 atom stereocenters. The lowest BCUT2D eigenvalue weighted by Gasteiger charge is -2.36. The smallest absolute Gasteiger partial charge is 0.237 e. The van der Waals surface area contributed by atoms with Crippen molar-refractivity contribution in [1.29, 1.82) is 0 Å². The van der Waals surface area contributed by atoms with E-state index in [4.69, 9.17) is 5.73 Å². The zero-order valence-electron chi connectivity index (χ0n) is 9.62. The zero-order valence-corrected chi connectivity index (χ0v) is 9.62. The Balaban J connectivity index is 1.97. The van der Waals surface area contributed by atoms with Crippen molar-refractivity contribution >= 4 is 5.91 Å². The van der Waals surface area contributed by atoms with Gasteiger partial charge in [-0.25, -0.2) is 0 Å². The molecule has 2 fully saturated rings. The second-order valence-corrected chi connectivity index (χ2v) is 5.38. The van der Waals surface area contributed by atoms with Crippen LogP contribution >= 0.6 is 0 Å². The molecule has 2 aliphatic rings. The Hall–Kier alpha value is -0.610. The van der Waals surface area contributed by atoms with E-state index in [1.807, 2.05) is 13.8 Å². The molecule has 1 amide bonds. The molecule has 0 radical (unpaired) electrons. The Morgan fingerprint density at radius 2 is 2.07 bits per heavy atom. The minimum Gasteiger partial charge on any atom is -0.368 e. The van der Waals surface area contributed by atoms with Crippen molar-refractivity contribution in [3.8, 4) is 0 Å². The average Bonchev–Trinajstić information content (AvgIpc) is 2.53. The highest BCUT2D eigenvalue weighted by Gasteiger charge is 2.38. The summed E-state index contributed by atoms with van der Waals surface area (Å²) in [5.41, 5.74) is 4.80. The van der Waals surface area contributed by atoms with Gasteiger partial charge in [-0.05, 0) is 45.7 Å². The molecule has 0 aromatic rings. The molecule has 2 bridgehead atoms. The number of carbonyl (C=O) groups is 1. The fourth-order valence-electron chi connectivity index (χ4n) is 2.68. The number of nitrogens with zero attached hydrogens (tertiary/aromatic N) is 1. The third kappa shape index (κ3) is 2.16. The van der Waals surface area contributed by atoms with Gasteiger partial charge in [-0.3, -0.25) is 4.79 Å². The van der Waals surface area contributed by atoms with Gasteiger partial charge in [0.15, 0.2) is 0 Å². The maximum Gasteiger partial charge on any atom is 0.237 e. The first-order valence-corrected chi connectivity index (χ1v) is 5.79. The summed E-state index contributed by atoms with van der Waals surface area (Å²) < 4.78 is 0. The topological polar surface area (TPSA) is 58.4 Å². The van der Waals surface area contributed by atoms with Crippen LogP contribution in [-0.2, 0) is 4.79 Å². The number of nitrogens with one attached hydrogen (secondary N) is 1. The SMILES string of the molecule is CC(C)(NC1CCN2CCC1C2)C(N)=O. The second-order valence-electron chi connectivity index (χ2n) is 5.38. The summed E-state index contributed by atoms with van der Waals surface area (Å²) in [4.78, 5) is 13.7. The van der Waals surface area contributed by atoms with Gasteiger partial charge in [-0.2, -0.15) is 0 Å². The van der Waals surface area contributed by atoms with Crippen molar-refractivity contribution in [2.45, 2.75) is 38.3 Å². The quantitative estimate of drug-likeness (QED) is 0.687. The minimum atomic E-state index is -0.574. The van der Waals surface area contributed by atoms with Crippen LogP contribution in [0.1, 0.15) is 26.7 Å². The third-order valence-corrected chi connectivity index (χ3v) is 3.80. The molecule has 0 saturated carbocycles. The highest BCUT2D eigenvalue weighted by molar-refractivity contribution is 5.83. The third-order valence-electron chi connectivity index (χ3n) is 3.80. The summed E-state index contributed by atoms with van der Waals surface area (Å²) in [6.07, 6.45) is 2.40. The Labute approximate surface area is 91.2 Å². The van der Waals surface area contributed by atoms with E-state index < -0.39 is 5.54 Å². The number of carbonyl (C=O) groups excluding carboxylic acids is 1. The number of nitrogens with two attached hydrogens (primary N) is 1. The highest BCUT2D eigenvalue weighted by Crippen LogP contribution is 2.28. The van der Waals surface area contributed by atoms with Crippen molar-refractivity contribution in [1.82, 2.24) is 10.2 Å². The standard InChI is InChI=1S/C11H21N3O/c1-11(2,10(12)15)13-9-4-6-14-5-3-8(9)7-14/h8-9,13H,3-7H2,1-2H3,(H2,12,15). The molecule has 3 unspecified atom stereocenters. The lowest BCUT2D eigenvalue weighted by atomic mass is 9.91. The van der Waals surface area contributed by atoms with Gasteiger partial charge in [0.25, 0.3) is 0 Å². The molecule has 2 saturated heterocycles. The van der Waals surface area contributed by atoms with E-state index in [0.717, 1.165) is 13.0 Å². The van der Waals surface area contributed by atoms with Crippen molar-refractivity contribution in [3.05, 3.63) is 0 Å². The van der Waals surface area contributed by atoms with Crippen LogP contribution in [-0.4, -0.2) is 42.0 Å². The van der Waals surface area contributed by atoms with Gasteiger partial charge >= 0.3 is 0 Å². The van der Waals surface area contributed by atoms with Gasteiger partial charge in [0.1, 0.15) is 0 Å². The van der Waals surface area contributed by atoms with Crippen LogP contribution < -0.4 is 11.1 Å². The normalized spacial score (nSPS) is 35.5. The maximum atomic E-state index is 11.2. The highest BCUT2D eigenvalue weighted by atomic mass is 16.1. The fourth-order valence-corrected chi connectivity index (χ4v) is 2.68. The predicted octanol–water partition coefficient (Wildman–Crippen LogP) is -0.0659. The van der Waals surface area contributed by atoms with Crippen molar-refractivity contribution in [2.24, 2.45) is 11.7 Å². The van der Waals surface area contributed by atoms with Crippen LogP contribution in [0, 0.1) is 5.92 Å². The summed E-state index contributed by atoms with van der Waals surface area (Å²) >= 11 is 0. The van der Waals surface area contributed by atoms with Gasteiger partial charge in [0.05, 0.1) is 5.54 Å². The molecule has 3 N–H and O–H groups in total. The van der Waals surface area contributed by atoms with E-state index in [-0.39, 0.29) is 5.91 Å². The first-order chi connectivity index (χ1) is 6.99. The Bertz CT molecular complexity index is 265. The van der Waals surface area contributed by atoms with Gasteiger partial charge in [0, 0.05) is 12.6 Å². The molecule has 4 heteroatoms. The fraction of sp³-hybridized carbons (Fsp3) is 0.909. The molecule has 15 heavy (non-hydrogen) atoms. The summed E-state index contributed by atoms with van der Waals surface area (Å²) in [5.74, 6) is 0.445. The van der Waals surface area contributed by atoms with E-state index in [2.05, 4.69) is 10.2 Å². The van der Waals surface area contributed by atoms with Gasteiger partial charge in [0.2, 0.25) is 5.91 Å². The lowest BCUT2D eigenvalue weighted by molar-refractivity contribution is -0.123. The second kappa shape index (κ2) is 3.76. The summed E-state index contributed by atoms with van der Waals surface area (Å²) in [6, 6.07) is 0.464. The zero-order chi connectivity index (χ0) is 11.1. The summed E-state index contributed by atoms with van der Waals surface area (Å²) in [6.45, 7) is 7.31. The van der Waals surface area contributed by atoms with Crippen LogP contribution in [0.2, 0.25) is 0 Å². The van der Waals surface area contributed by atoms with Crippen LogP contribution in [0.25, 0.3) is 0 Å². The lowest BCUT2D eigenvalue weighted by Crippen LogP contribution is -2.58. The van der Waals surface area contributed by atoms with E-state index in [1.54, 1.807) is 0 Å². The van der Waals surface area contributed by atoms with Gasteiger partial charge in [-0.1, -0.05) is 0 Å². The first-order valence-electron chi connectivity index (χ1n) is 5.79. The number of hydrogen-bond donors (Lipinski definition) is 2. The number of piperidine rings is 1. The molecule has 86 valence electrons. The number of amides is 1. The molecule has 4 nitrogen and oxygen atoms in total. The van der Waals surface area contributed by atoms with Crippen molar-refractivity contribution in [2.75, 3.05) is 19.6 Å². The predicted molar refractivity (Wildman–Crippen MR) is 59.4 cm³/mol. The number of hydrogen-bond acceptors (Lipinski definition) is 3. The average molecular weight is 211 g/mol. The molecular weight excluding hydrogens is 190 g/mol. The Morgan fingerprint density at radius 1 is 1.40 bits per heavy atom. The maximum absolute atomic E-state index is 11.2. The van der Waals surface area contributed by atoms with E-state index in [9.17, 15) is 4.79 Å². The molecule has 0 spiro atoms. The first kappa shape index (κ1) is 10.9.